The molecule has 2 N–H and O–H groups in total. The highest BCUT2D eigenvalue weighted by Gasteiger charge is 2.03. The fraction of sp³-hybridized carbons (Fsp3) is 0.417. The molecule has 1 rings (SSSR count). The van der Waals surface area contributed by atoms with Gasteiger partial charge in [-0.05, 0) is 36.6 Å². The molecule has 3 nitrogen and oxygen atoms in total. The lowest BCUT2D eigenvalue weighted by molar-refractivity contribution is 0.241. The Morgan fingerprint density at radius 3 is 2.76 bits per heavy atom. The minimum absolute atomic E-state index is 0.206. The Kier molecular flexibility index (Phi) is 5.97. The second kappa shape index (κ2) is 7.27. The van der Waals surface area contributed by atoms with Crippen LogP contribution in [0.15, 0.2) is 22.7 Å². The Morgan fingerprint density at radius 2 is 2.06 bits per heavy atom. The van der Waals surface area contributed by atoms with Gasteiger partial charge in [-0.2, -0.15) is 0 Å². The van der Waals surface area contributed by atoms with E-state index >= 15 is 0 Å². The summed E-state index contributed by atoms with van der Waals surface area (Å²) in [6, 6.07) is 4.58. The van der Waals surface area contributed by atoms with Gasteiger partial charge in [0.05, 0.1) is 0 Å². The van der Waals surface area contributed by atoms with E-state index in [1.54, 1.807) is 12.1 Å². The van der Waals surface area contributed by atoms with Gasteiger partial charge in [0.1, 0.15) is 5.82 Å². The van der Waals surface area contributed by atoms with Crippen molar-refractivity contribution in [1.82, 2.24) is 10.6 Å². The number of hydrogen-bond donors (Lipinski definition) is 2. The largest absolute Gasteiger partial charge is 0.338 e. The predicted molar refractivity (Wildman–Crippen MR) is 69.5 cm³/mol. The molecule has 0 aliphatic rings. The first kappa shape index (κ1) is 14.0. The fourth-order valence-electron chi connectivity index (χ4n) is 1.35. The molecule has 0 atom stereocenters. The lowest BCUT2D eigenvalue weighted by Gasteiger charge is -2.07. The van der Waals surface area contributed by atoms with Gasteiger partial charge in [-0.25, -0.2) is 9.18 Å². The molecule has 0 radical (unpaired) electrons. The quantitative estimate of drug-likeness (QED) is 0.863. The molecule has 0 aromatic heterocycles. The van der Waals surface area contributed by atoms with Crippen LogP contribution in [0.3, 0.4) is 0 Å². The van der Waals surface area contributed by atoms with E-state index in [-0.39, 0.29) is 11.8 Å². The third-order valence-corrected chi connectivity index (χ3v) is 2.72. The lowest BCUT2D eigenvalue weighted by Crippen LogP contribution is -2.36. The number of carbonyl (C=O) groups excluding carboxylic acids is 1. The monoisotopic (exact) mass is 302 g/mol. The number of benzene rings is 1. The molecule has 0 unspecified atom stereocenters. The third kappa shape index (κ3) is 5.17. The molecular weight excluding hydrogens is 287 g/mol. The molecule has 0 saturated heterocycles. The second-order valence-corrected chi connectivity index (χ2v) is 4.58. The van der Waals surface area contributed by atoms with Gasteiger partial charge >= 0.3 is 6.03 Å². The van der Waals surface area contributed by atoms with Crippen LogP contribution in [-0.2, 0) is 6.42 Å². The van der Waals surface area contributed by atoms with Crippen molar-refractivity contribution in [1.29, 1.82) is 0 Å². The first-order chi connectivity index (χ1) is 8.13. The van der Waals surface area contributed by atoms with Crippen molar-refractivity contribution >= 4 is 22.0 Å². The van der Waals surface area contributed by atoms with Crippen molar-refractivity contribution in [3.05, 3.63) is 34.1 Å². The molecule has 1 aromatic rings. The molecule has 1 aromatic carbocycles. The minimum Gasteiger partial charge on any atom is -0.338 e. The summed E-state index contributed by atoms with van der Waals surface area (Å²) in [5.74, 6) is -0.246. The number of amides is 2. The van der Waals surface area contributed by atoms with Crippen LogP contribution in [0.5, 0.6) is 0 Å². The summed E-state index contributed by atoms with van der Waals surface area (Å²) < 4.78 is 14.2. The predicted octanol–water partition coefficient (Wildman–Crippen LogP) is 2.84. The van der Waals surface area contributed by atoms with Crippen molar-refractivity contribution < 1.29 is 9.18 Å². The highest BCUT2D eigenvalue weighted by molar-refractivity contribution is 9.10. The molecule has 0 aliphatic heterocycles. The molecule has 0 aliphatic carbocycles. The number of nitrogens with one attached hydrogen (secondary N) is 2. The normalized spacial score (nSPS) is 10.1. The van der Waals surface area contributed by atoms with Crippen LogP contribution in [0.25, 0.3) is 0 Å². The zero-order chi connectivity index (χ0) is 12.7. The van der Waals surface area contributed by atoms with Crippen molar-refractivity contribution in [3.63, 3.8) is 0 Å². The van der Waals surface area contributed by atoms with Crippen LogP contribution < -0.4 is 10.6 Å². The molecule has 5 heteroatoms. The first-order valence-electron chi connectivity index (χ1n) is 5.59. The van der Waals surface area contributed by atoms with E-state index in [1.807, 2.05) is 6.92 Å². The topological polar surface area (TPSA) is 41.1 Å². The highest BCUT2D eigenvalue weighted by Crippen LogP contribution is 2.15. The van der Waals surface area contributed by atoms with Crippen molar-refractivity contribution in [2.45, 2.75) is 19.8 Å². The number of halogens is 2. The van der Waals surface area contributed by atoms with E-state index in [4.69, 9.17) is 0 Å². The maximum atomic E-state index is 13.3. The Labute approximate surface area is 109 Å². The van der Waals surface area contributed by atoms with E-state index in [2.05, 4.69) is 26.6 Å². The minimum atomic E-state index is -0.246. The number of carbonyl (C=O) groups is 1. The molecule has 94 valence electrons. The summed E-state index contributed by atoms with van der Waals surface area (Å²) in [6.07, 6.45) is 1.37. The van der Waals surface area contributed by atoms with E-state index in [1.165, 1.54) is 6.07 Å². The van der Waals surface area contributed by atoms with Gasteiger partial charge in [0, 0.05) is 17.6 Å². The van der Waals surface area contributed by atoms with Crippen molar-refractivity contribution in [2.24, 2.45) is 0 Å². The number of urea groups is 1. The van der Waals surface area contributed by atoms with Gasteiger partial charge in [-0.3, -0.25) is 0 Å². The maximum Gasteiger partial charge on any atom is 0.314 e. The zero-order valence-electron chi connectivity index (χ0n) is 9.72. The van der Waals surface area contributed by atoms with Crippen molar-refractivity contribution in [2.75, 3.05) is 13.1 Å². The van der Waals surface area contributed by atoms with Gasteiger partial charge in [-0.1, -0.05) is 22.9 Å². The summed E-state index contributed by atoms with van der Waals surface area (Å²) in [4.78, 5) is 11.2. The summed E-state index contributed by atoms with van der Waals surface area (Å²) in [6.45, 7) is 3.05. The van der Waals surface area contributed by atoms with Crippen LogP contribution in [0, 0.1) is 5.82 Å². The molecule has 17 heavy (non-hydrogen) atoms. The van der Waals surface area contributed by atoms with Crippen LogP contribution in [0.1, 0.15) is 18.9 Å². The summed E-state index contributed by atoms with van der Waals surface area (Å²) in [5, 5.41) is 5.37. The third-order valence-electron chi connectivity index (χ3n) is 2.22. The Bertz CT molecular complexity index is 385. The van der Waals surface area contributed by atoms with E-state index in [9.17, 15) is 9.18 Å². The molecular formula is C12H16BrFN2O. The standard InChI is InChI=1S/C12H16BrFN2O/c1-2-6-15-12(17)16-7-5-9-8-10(13)3-4-11(9)14/h3-4,8H,2,5-7H2,1H3,(H2,15,16,17). The average Bonchev–Trinajstić information content (AvgIpc) is 2.31. The average molecular weight is 303 g/mol. The van der Waals surface area contributed by atoms with Crippen molar-refractivity contribution in [3.8, 4) is 0 Å². The summed E-state index contributed by atoms with van der Waals surface area (Å²) in [7, 11) is 0. The van der Waals surface area contributed by atoms with Gasteiger partial charge in [0.25, 0.3) is 0 Å². The smallest absolute Gasteiger partial charge is 0.314 e. The molecule has 0 saturated carbocycles. The SMILES string of the molecule is CCCNC(=O)NCCc1cc(Br)ccc1F. The van der Waals surface area contributed by atoms with Crippen LogP contribution in [0.2, 0.25) is 0 Å². The molecule has 0 heterocycles. The Morgan fingerprint density at radius 1 is 1.35 bits per heavy atom. The van der Waals surface area contributed by atoms with Gasteiger partial charge in [-0.15, -0.1) is 0 Å². The number of rotatable bonds is 5. The maximum absolute atomic E-state index is 13.3. The molecule has 2 amide bonds. The van der Waals surface area contributed by atoms with Crippen LogP contribution in [0.4, 0.5) is 9.18 Å². The highest BCUT2D eigenvalue weighted by atomic mass is 79.9. The van der Waals surface area contributed by atoms with E-state index in [0.717, 1.165) is 10.9 Å². The number of hydrogen-bond acceptors (Lipinski definition) is 1. The van der Waals surface area contributed by atoms with Gasteiger partial charge < -0.3 is 10.6 Å². The zero-order valence-corrected chi connectivity index (χ0v) is 11.3. The van der Waals surface area contributed by atoms with Crippen LogP contribution >= 0.6 is 15.9 Å². The molecule has 0 spiro atoms. The second-order valence-electron chi connectivity index (χ2n) is 3.67. The first-order valence-corrected chi connectivity index (χ1v) is 6.38. The molecule has 0 fully saturated rings. The fourth-order valence-corrected chi connectivity index (χ4v) is 1.76. The van der Waals surface area contributed by atoms with Crippen LogP contribution in [-0.4, -0.2) is 19.1 Å². The van der Waals surface area contributed by atoms with E-state index < -0.39 is 0 Å². The lowest BCUT2D eigenvalue weighted by atomic mass is 10.1. The van der Waals surface area contributed by atoms with E-state index in [0.29, 0.717) is 25.1 Å². The Hall–Kier alpha value is -1.10. The van der Waals surface area contributed by atoms with Gasteiger partial charge in [0.2, 0.25) is 0 Å². The van der Waals surface area contributed by atoms with Gasteiger partial charge in [0.15, 0.2) is 0 Å². The summed E-state index contributed by atoms with van der Waals surface area (Å²) in [5.41, 5.74) is 0.593. The molecule has 0 bridgehead atoms. The summed E-state index contributed by atoms with van der Waals surface area (Å²) >= 11 is 3.28. The Balaban J connectivity index is 2.35.